The van der Waals surface area contributed by atoms with E-state index in [1.54, 1.807) is 18.2 Å². The number of Topliss-reactive ketones (excluding diaryl/α,β-unsaturated/α-hetero) is 1. The van der Waals surface area contributed by atoms with Gasteiger partial charge in [-0.05, 0) is 49.1 Å². The van der Waals surface area contributed by atoms with Gasteiger partial charge >= 0.3 is 0 Å². The monoisotopic (exact) mass is 426 g/mol. The standard InChI is InChI=1S/C24H30N2O5/c1-17(27)20-7-8-22(23(13-20)30-2)31-16-24(29)25-14-18-3-5-19(6-4-18)15-26-11-9-21(28)10-12-26/h3-8,13,21,28H,9-12,14-16H2,1-2H3,(H,25,29). The van der Waals surface area contributed by atoms with Gasteiger partial charge in [-0.15, -0.1) is 0 Å². The molecule has 0 bridgehead atoms. The number of nitrogens with one attached hydrogen (secondary N) is 1. The summed E-state index contributed by atoms with van der Waals surface area (Å²) >= 11 is 0. The fourth-order valence-electron chi connectivity index (χ4n) is 3.50. The Morgan fingerprint density at radius 3 is 2.39 bits per heavy atom. The quantitative estimate of drug-likeness (QED) is 0.599. The molecule has 1 fully saturated rings. The van der Waals surface area contributed by atoms with Gasteiger partial charge in [-0.3, -0.25) is 14.5 Å². The summed E-state index contributed by atoms with van der Waals surface area (Å²) in [6, 6.07) is 13.0. The number of methoxy groups -OCH3 is 1. The zero-order chi connectivity index (χ0) is 22.2. The molecule has 0 unspecified atom stereocenters. The number of carbonyl (C=O) groups excluding carboxylic acids is 2. The molecule has 7 heteroatoms. The molecule has 1 aliphatic heterocycles. The zero-order valence-corrected chi connectivity index (χ0v) is 18.1. The maximum atomic E-state index is 12.2. The largest absolute Gasteiger partial charge is 0.493 e. The lowest BCUT2D eigenvalue weighted by molar-refractivity contribution is -0.123. The molecule has 2 aromatic carbocycles. The van der Waals surface area contributed by atoms with Crippen LogP contribution in [0.5, 0.6) is 11.5 Å². The van der Waals surface area contributed by atoms with Gasteiger partial charge in [0.2, 0.25) is 0 Å². The van der Waals surface area contributed by atoms with E-state index in [0.29, 0.717) is 23.6 Å². The summed E-state index contributed by atoms with van der Waals surface area (Å²) in [4.78, 5) is 26.0. The van der Waals surface area contributed by atoms with Crippen molar-refractivity contribution in [2.24, 2.45) is 0 Å². The Labute approximate surface area is 183 Å². The van der Waals surface area contributed by atoms with Crippen LogP contribution in [0.1, 0.15) is 41.3 Å². The number of aliphatic hydroxyl groups excluding tert-OH is 1. The van der Waals surface area contributed by atoms with Crippen molar-refractivity contribution in [3.8, 4) is 11.5 Å². The Morgan fingerprint density at radius 1 is 1.06 bits per heavy atom. The summed E-state index contributed by atoms with van der Waals surface area (Å²) < 4.78 is 10.8. The molecular formula is C24H30N2O5. The molecule has 0 radical (unpaired) electrons. The SMILES string of the molecule is COc1cc(C(C)=O)ccc1OCC(=O)NCc1ccc(CN2CCC(O)CC2)cc1. The van der Waals surface area contributed by atoms with Gasteiger partial charge < -0.3 is 19.9 Å². The first kappa shape index (κ1) is 22.8. The van der Waals surface area contributed by atoms with E-state index in [0.717, 1.165) is 38.0 Å². The van der Waals surface area contributed by atoms with E-state index in [1.807, 2.05) is 12.1 Å². The average molecular weight is 427 g/mol. The molecule has 0 spiro atoms. The lowest BCUT2D eigenvalue weighted by Gasteiger charge is -2.29. The van der Waals surface area contributed by atoms with E-state index >= 15 is 0 Å². The molecule has 0 aromatic heterocycles. The fraction of sp³-hybridized carbons (Fsp3) is 0.417. The first-order valence-corrected chi connectivity index (χ1v) is 10.5. The van der Waals surface area contributed by atoms with Crippen LogP contribution in [-0.2, 0) is 17.9 Å². The maximum absolute atomic E-state index is 12.2. The minimum absolute atomic E-state index is 0.0664. The number of hydrogen-bond acceptors (Lipinski definition) is 6. The summed E-state index contributed by atoms with van der Waals surface area (Å²) in [5, 5.41) is 12.4. The number of nitrogens with zero attached hydrogens (tertiary/aromatic N) is 1. The van der Waals surface area contributed by atoms with Crippen molar-refractivity contribution in [2.45, 2.75) is 39.0 Å². The van der Waals surface area contributed by atoms with E-state index in [4.69, 9.17) is 9.47 Å². The smallest absolute Gasteiger partial charge is 0.258 e. The summed E-state index contributed by atoms with van der Waals surface area (Å²) in [6.45, 7) is 4.46. The second-order valence-corrected chi connectivity index (χ2v) is 7.81. The number of aliphatic hydroxyl groups is 1. The number of benzene rings is 2. The number of ketones is 1. The molecular weight excluding hydrogens is 396 g/mol. The molecule has 0 saturated carbocycles. The van der Waals surface area contributed by atoms with Gasteiger partial charge in [0.25, 0.3) is 5.91 Å². The van der Waals surface area contributed by atoms with Gasteiger partial charge in [-0.25, -0.2) is 0 Å². The van der Waals surface area contributed by atoms with Crippen LogP contribution in [0.2, 0.25) is 0 Å². The molecule has 7 nitrogen and oxygen atoms in total. The van der Waals surface area contributed by atoms with Gasteiger partial charge in [-0.1, -0.05) is 24.3 Å². The highest BCUT2D eigenvalue weighted by atomic mass is 16.5. The first-order valence-electron chi connectivity index (χ1n) is 10.5. The number of amides is 1. The summed E-state index contributed by atoms with van der Waals surface area (Å²) in [6.07, 6.45) is 1.50. The van der Waals surface area contributed by atoms with Crippen LogP contribution in [0, 0.1) is 0 Å². The molecule has 1 heterocycles. The van der Waals surface area contributed by atoms with Crippen LogP contribution >= 0.6 is 0 Å². The van der Waals surface area contributed by atoms with E-state index in [1.165, 1.54) is 19.6 Å². The third-order valence-corrected chi connectivity index (χ3v) is 5.40. The van der Waals surface area contributed by atoms with Crippen molar-refractivity contribution in [3.63, 3.8) is 0 Å². The first-order chi connectivity index (χ1) is 14.9. The topological polar surface area (TPSA) is 88.1 Å². The Hall–Kier alpha value is -2.90. The molecule has 31 heavy (non-hydrogen) atoms. The number of hydrogen-bond donors (Lipinski definition) is 2. The third kappa shape index (κ3) is 6.80. The van der Waals surface area contributed by atoms with E-state index < -0.39 is 0 Å². The van der Waals surface area contributed by atoms with Crippen molar-refractivity contribution in [1.82, 2.24) is 10.2 Å². The van der Waals surface area contributed by atoms with E-state index in [-0.39, 0.29) is 24.4 Å². The molecule has 1 aliphatic rings. The number of rotatable bonds is 9. The average Bonchev–Trinajstić information content (AvgIpc) is 2.78. The lowest BCUT2D eigenvalue weighted by Crippen LogP contribution is -2.35. The number of likely N-dealkylation sites (tertiary alicyclic amines) is 1. The predicted octanol–water partition coefficient (Wildman–Crippen LogP) is 2.55. The van der Waals surface area contributed by atoms with E-state index in [9.17, 15) is 14.7 Å². The van der Waals surface area contributed by atoms with Gasteiger partial charge in [0, 0.05) is 31.7 Å². The minimum Gasteiger partial charge on any atom is -0.493 e. The molecule has 2 N–H and O–H groups in total. The molecule has 3 rings (SSSR count). The summed E-state index contributed by atoms with van der Waals surface area (Å²) in [5.41, 5.74) is 2.75. The minimum atomic E-state index is -0.242. The molecule has 166 valence electrons. The number of piperidine rings is 1. The van der Waals surface area contributed by atoms with E-state index in [2.05, 4.69) is 22.3 Å². The normalized spacial score (nSPS) is 14.8. The van der Waals surface area contributed by atoms with Crippen LogP contribution in [0.3, 0.4) is 0 Å². The Kier molecular flexibility index (Phi) is 8.03. The van der Waals surface area contributed by atoms with Crippen LogP contribution in [0.4, 0.5) is 0 Å². The number of ether oxygens (including phenoxy) is 2. The van der Waals surface area contributed by atoms with Gasteiger partial charge in [0.05, 0.1) is 13.2 Å². The Bertz CT molecular complexity index is 889. The second-order valence-electron chi connectivity index (χ2n) is 7.81. The van der Waals surface area contributed by atoms with Crippen molar-refractivity contribution >= 4 is 11.7 Å². The predicted molar refractivity (Wildman–Crippen MR) is 117 cm³/mol. The van der Waals surface area contributed by atoms with Crippen LogP contribution < -0.4 is 14.8 Å². The molecule has 1 saturated heterocycles. The fourth-order valence-corrected chi connectivity index (χ4v) is 3.50. The van der Waals surface area contributed by atoms with Crippen molar-refractivity contribution < 1.29 is 24.2 Å². The Balaban J connectivity index is 1.44. The van der Waals surface area contributed by atoms with Crippen LogP contribution in [0.25, 0.3) is 0 Å². The van der Waals surface area contributed by atoms with Crippen molar-refractivity contribution in [1.29, 1.82) is 0 Å². The van der Waals surface area contributed by atoms with Gasteiger partial charge in [-0.2, -0.15) is 0 Å². The summed E-state index contributed by atoms with van der Waals surface area (Å²) in [7, 11) is 1.49. The van der Waals surface area contributed by atoms with Crippen molar-refractivity contribution in [3.05, 3.63) is 59.2 Å². The molecule has 0 atom stereocenters. The van der Waals surface area contributed by atoms with Crippen LogP contribution in [-0.4, -0.2) is 54.6 Å². The van der Waals surface area contributed by atoms with Gasteiger partial charge in [0.15, 0.2) is 23.9 Å². The number of carbonyl (C=O) groups is 2. The molecule has 2 aromatic rings. The Morgan fingerprint density at radius 2 is 1.74 bits per heavy atom. The van der Waals surface area contributed by atoms with Gasteiger partial charge in [0.1, 0.15) is 0 Å². The third-order valence-electron chi connectivity index (χ3n) is 5.40. The summed E-state index contributed by atoms with van der Waals surface area (Å²) in [5.74, 6) is 0.522. The highest BCUT2D eigenvalue weighted by Gasteiger charge is 2.16. The molecule has 0 aliphatic carbocycles. The second kappa shape index (κ2) is 10.9. The lowest BCUT2D eigenvalue weighted by atomic mass is 10.1. The van der Waals surface area contributed by atoms with Crippen molar-refractivity contribution in [2.75, 3.05) is 26.8 Å². The maximum Gasteiger partial charge on any atom is 0.258 e. The molecule has 1 amide bonds. The highest BCUT2D eigenvalue weighted by molar-refractivity contribution is 5.94. The highest BCUT2D eigenvalue weighted by Crippen LogP contribution is 2.28. The van der Waals surface area contributed by atoms with Crippen LogP contribution in [0.15, 0.2) is 42.5 Å². The zero-order valence-electron chi connectivity index (χ0n) is 18.1.